The van der Waals surface area contributed by atoms with E-state index in [0.29, 0.717) is 30.3 Å². The topological polar surface area (TPSA) is 44.8 Å². The van der Waals surface area contributed by atoms with Crippen molar-refractivity contribution in [1.82, 2.24) is 0 Å². The van der Waals surface area contributed by atoms with Gasteiger partial charge in [-0.25, -0.2) is 4.79 Å². The van der Waals surface area contributed by atoms with Gasteiger partial charge in [-0.15, -0.1) is 0 Å². The largest absolute Gasteiger partial charge is 0.465 e. The molecule has 5 rings (SSSR count). The molecule has 0 bridgehead atoms. The number of ether oxygens (including phenoxy) is 3. The highest BCUT2D eigenvalue weighted by Gasteiger charge is 2.54. The third kappa shape index (κ3) is 4.24. The average molecular weight is 453 g/mol. The van der Waals surface area contributed by atoms with Gasteiger partial charge in [-0.3, -0.25) is 0 Å². The Morgan fingerprint density at radius 1 is 1.21 bits per heavy atom. The second kappa shape index (κ2) is 9.44. The lowest BCUT2D eigenvalue weighted by Gasteiger charge is -2.52. The van der Waals surface area contributed by atoms with Gasteiger partial charge < -0.3 is 14.2 Å². The van der Waals surface area contributed by atoms with E-state index >= 15 is 0 Å². The zero-order valence-corrected chi connectivity index (χ0v) is 20.6. The van der Waals surface area contributed by atoms with Crippen molar-refractivity contribution >= 4 is 5.97 Å². The van der Waals surface area contributed by atoms with Crippen molar-refractivity contribution < 1.29 is 19.0 Å². The van der Waals surface area contributed by atoms with Crippen LogP contribution in [0, 0.1) is 23.2 Å². The molecule has 4 nitrogen and oxygen atoms in total. The number of allylic oxidation sites excluding steroid dienone is 1. The SMILES string of the molecule is CCOC(=O)/C=C1\CCC2C3C(CC)Cc4cc(OC5CCCCO5)ccc4C3CCC12C. The molecule has 0 radical (unpaired) electrons. The number of rotatable bonds is 5. The van der Waals surface area contributed by atoms with E-state index in [0.717, 1.165) is 44.5 Å². The Labute approximate surface area is 199 Å². The van der Waals surface area contributed by atoms with Crippen LogP contribution in [0.15, 0.2) is 29.8 Å². The summed E-state index contributed by atoms with van der Waals surface area (Å²) in [4.78, 5) is 12.2. The van der Waals surface area contributed by atoms with Gasteiger partial charge in [-0.2, -0.15) is 0 Å². The zero-order chi connectivity index (χ0) is 23.0. The van der Waals surface area contributed by atoms with E-state index < -0.39 is 0 Å². The molecule has 1 heterocycles. The molecule has 1 aliphatic heterocycles. The maximum Gasteiger partial charge on any atom is 0.330 e. The molecule has 4 aliphatic rings. The van der Waals surface area contributed by atoms with Gasteiger partial charge in [-0.05, 0) is 104 Å². The molecule has 180 valence electrons. The van der Waals surface area contributed by atoms with Crippen molar-refractivity contribution in [2.45, 2.75) is 90.8 Å². The molecule has 4 heteroatoms. The van der Waals surface area contributed by atoms with Crippen LogP contribution in [0.5, 0.6) is 5.75 Å². The fourth-order valence-electron chi connectivity index (χ4n) is 7.61. The first-order chi connectivity index (χ1) is 16.0. The number of fused-ring (bicyclic) bond motifs is 5. The Balaban J connectivity index is 1.39. The number of hydrogen-bond donors (Lipinski definition) is 0. The highest BCUT2D eigenvalue weighted by Crippen LogP contribution is 2.64. The lowest BCUT2D eigenvalue weighted by atomic mass is 9.52. The minimum Gasteiger partial charge on any atom is -0.465 e. The smallest absolute Gasteiger partial charge is 0.330 e. The highest BCUT2D eigenvalue weighted by molar-refractivity contribution is 5.83. The summed E-state index contributed by atoms with van der Waals surface area (Å²) >= 11 is 0. The summed E-state index contributed by atoms with van der Waals surface area (Å²) in [5.74, 6) is 3.47. The second-order valence-corrected chi connectivity index (χ2v) is 10.9. The minimum absolute atomic E-state index is 0.0893. The molecular weight excluding hydrogens is 412 g/mol. The van der Waals surface area contributed by atoms with E-state index in [1.54, 1.807) is 5.56 Å². The number of esters is 1. The Morgan fingerprint density at radius 3 is 2.85 bits per heavy atom. The van der Waals surface area contributed by atoms with Gasteiger partial charge in [0, 0.05) is 12.5 Å². The van der Waals surface area contributed by atoms with Crippen molar-refractivity contribution in [3.63, 3.8) is 0 Å². The van der Waals surface area contributed by atoms with Gasteiger partial charge in [0.1, 0.15) is 5.75 Å². The van der Waals surface area contributed by atoms with E-state index in [1.165, 1.54) is 36.8 Å². The highest BCUT2D eigenvalue weighted by atomic mass is 16.7. The Bertz CT molecular complexity index is 899. The van der Waals surface area contributed by atoms with Crippen molar-refractivity contribution in [1.29, 1.82) is 0 Å². The lowest BCUT2D eigenvalue weighted by molar-refractivity contribution is -0.137. The monoisotopic (exact) mass is 452 g/mol. The molecule has 2 saturated carbocycles. The van der Waals surface area contributed by atoms with Gasteiger partial charge in [0.15, 0.2) is 6.29 Å². The minimum atomic E-state index is -0.160. The standard InChI is InChI=1S/C29H40O4/c1-4-19-16-20-17-22(33-27-8-6-7-15-32-27)10-11-23(20)24-13-14-29(3)21(18-26(30)31-5-2)9-12-25(29)28(19)24/h10-11,17-19,24-25,27-28H,4-9,12-16H2,1-3H3/b21-18+. The maximum absolute atomic E-state index is 12.2. The van der Waals surface area contributed by atoms with Crippen molar-refractivity contribution in [3.05, 3.63) is 41.0 Å². The first-order valence-corrected chi connectivity index (χ1v) is 13.3. The first-order valence-electron chi connectivity index (χ1n) is 13.3. The van der Waals surface area contributed by atoms with Gasteiger partial charge >= 0.3 is 5.97 Å². The van der Waals surface area contributed by atoms with E-state index in [2.05, 4.69) is 32.0 Å². The zero-order valence-electron chi connectivity index (χ0n) is 20.6. The lowest BCUT2D eigenvalue weighted by Crippen LogP contribution is -2.44. The molecule has 3 fully saturated rings. The molecule has 1 saturated heterocycles. The van der Waals surface area contributed by atoms with E-state index in [4.69, 9.17) is 14.2 Å². The molecule has 0 N–H and O–H groups in total. The summed E-state index contributed by atoms with van der Waals surface area (Å²) in [5.41, 5.74) is 4.51. The summed E-state index contributed by atoms with van der Waals surface area (Å²) in [6, 6.07) is 6.83. The van der Waals surface area contributed by atoms with Gasteiger partial charge in [-0.1, -0.05) is 31.9 Å². The van der Waals surface area contributed by atoms with Crippen molar-refractivity contribution in [3.8, 4) is 5.75 Å². The molecular formula is C29H40O4. The summed E-state index contributed by atoms with van der Waals surface area (Å²) < 4.78 is 17.3. The summed E-state index contributed by atoms with van der Waals surface area (Å²) in [5, 5.41) is 0. The second-order valence-electron chi connectivity index (χ2n) is 10.9. The molecule has 0 spiro atoms. The summed E-state index contributed by atoms with van der Waals surface area (Å²) in [6.07, 6.45) is 12.0. The molecule has 3 aliphatic carbocycles. The predicted octanol–water partition coefficient (Wildman–Crippen LogP) is 6.57. The first kappa shape index (κ1) is 23.0. The Morgan fingerprint density at radius 2 is 2.09 bits per heavy atom. The fourth-order valence-corrected chi connectivity index (χ4v) is 7.61. The molecule has 33 heavy (non-hydrogen) atoms. The summed E-state index contributed by atoms with van der Waals surface area (Å²) in [7, 11) is 0. The normalized spacial score (nSPS) is 36.6. The number of carbonyl (C=O) groups excluding carboxylic acids is 1. The predicted molar refractivity (Wildman–Crippen MR) is 129 cm³/mol. The van der Waals surface area contributed by atoms with Crippen LogP contribution < -0.4 is 4.74 Å². The fraction of sp³-hybridized carbons (Fsp3) is 0.690. The molecule has 0 aromatic heterocycles. The Hall–Kier alpha value is -1.81. The molecule has 1 aromatic rings. The van der Waals surface area contributed by atoms with Crippen LogP contribution in [0.1, 0.15) is 89.2 Å². The molecule has 1 aromatic carbocycles. The maximum atomic E-state index is 12.2. The van der Waals surface area contributed by atoms with Crippen LogP contribution >= 0.6 is 0 Å². The number of benzene rings is 1. The van der Waals surface area contributed by atoms with Crippen molar-refractivity contribution in [2.75, 3.05) is 13.2 Å². The van der Waals surface area contributed by atoms with Crippen LogP contribution in [0.4, 0.5) is 0 Å². The van der Waals surface area contributed by atoms with Crippen LogP contribution in [-0.4, -0.2) is 25.5 Å². The van der Waals surface area contributed by atoms with Gasteiger partial charge in [0.05, 0.1) is 13.2 Å². The van der Waals surface area contributed by atoms with Crippen LogP contribution in [-0.2, 0) is 20.7 Å². The van der Waals surface area contributed by atoms with Crippen LogP contribution in [0.3, 0.4) is 0 Å². The molecule has 0 amide bonds. The number of hydrogen-bond acceptors (Lipinski definition) is 4. The number of carbonyl (C=O) groups is 1. The van der Waals surface area contributed by atoms with Crippen molar-refractivity contribution in [2.24, 2.45) is 23.2 Å². The van der Waals surface area contributed by atoms with E-state index in [-0.39, 0.29) is 17.7 Å². The average Bonchev–Trinajstić information content (AvgIpc) is 3.15. The van der Waals surface area contributed by atoms with E-state index in [1.807, 2.05) is 13.0 Å². The summed E-state index contributed by atoms with van der Waals surface area (Å²) in [6.45, 7) is 7.92. The van der Waals surface area contributed by atoms with Gasteiger partial charge in [0.2, 0.25) is 0 Å². The third-order valence-corrected chi connectivity index (χ3v) is 9.23. The van der Waals surface area contributed by atoms with Gasteiger partial charge in [0.25, 0.3) is 0 Å². The van der Waals surface area contributed by atoms with Crippen LogP contribution in [0.25, 0.3) is 0 Å². The quantitative estimate of drug-likeness (QED) is 0.374. The Kier molecular flexibility index (Phi) is 6.57. The van der Waals surface area contributed by atoms with Crippen LogP contribution in [0.2, 0.25) is 0 Å². The molecule has 6 atom stereocenters. The van der Waals surface area contributed by atoms with E-state index in [9.17, 15) is 4.79 Å². The molecule has 6 unspecified atom stereocenters. The third-order valence-electron chi connectivity index (χ3n) is 9.23.